The van der Waals surface area contributed by atoms with Crippen molar-refractivity contribution in [1.29, 1.82) is 0 Å². The Labute approximate surface area is 98.3 Å². The number of hydrogen-bond donors (Lipinski definition) is 2. The van der Waals surface area contributed by atoms with Gasteiger partial charge in [-0.1, -0.05) is 0 Å². The number of nitrogens with zero attached hydrogens (tertiary/aromatic N) is 3. The first-order chi connectivity index (χ1) is 8.18. The Bertz CT molecular complexity index is 521. The van der Waals surface area contributed by atoms with Gasteiger partial charge in [0.2, 0.25) is 0 Å². The second-order valence-electron chi connectivity index (χ2n) is 3.86. The zero-order valence-corrected chi connectivity index (χ0v) is 9.50. The van der Waals surface area contributed by atoms with Crippen LogP contribution in [0.15, 0.2) is 24.8 Å². The lowest BCUT2D eigenvalue weighted by atomic mass is 10.2. The molecular weight excluding hydrogens is 220 g/mol. The second-order valence-corrected chi connectivity index (χ2v) is 3.86. The first-order valence-electron chi connectivity index (χ1n) is 5.42. The molecule has 90 valence electrons. The van der Waals surface area contributed by atoms with Crippen molar-refractivity contribution in [3.63, 3.8) is 0 Å². The summed E-state index contributed by atoms with van der Waals surface area (Å²) in [6.07, 6.45) is 6.51. The molecule has 2 aromatic heterocycles. The minimum absolute atomic E-state index is 0.200. The van der Waals surface area contributed by atoms with Crippen LogP contribution >= 0.6 is 0 Å². The predicted octanol–water partition coefficient (Wildman–Crippen LogP) is 0.230. The van der Waals surface area contributed by atoms with Crippen LogP contribution in [-0.4, -0.2) is 38.3 Å². The molecule has 0 aromatic carbocycles. The summed E-state index contributed by atoms with van der Waals surface area (Å²) >= 11 is 0. The molecule has 2 rings (SSSR count). The molecule has 0 aliphatic carbocycles. The van der Waals surface area contributed by atoms with Crippen LogP contribution in [0.5, 0.6) is 0 Å². The van der Waals surface area contributed by atoms with Gasteiger partial charge in [-0.05, 0) is 13.3 Å². The molecule has 0 saturated heterocycles. The van der Waals surface area contributed by atoms with Gasteiger partial charge in [-0.3, -0.25) is 9.78 Å². The van der Waals surface area contributed by atoms with E-state index in [1.807, 2.05) is 0 Å². The molecule has 0 spiro atoms. The SMILES string of the molecule is CC(O)CCNC(=O)c1cnn2ccncc12. The molecule has 0 fully saturated rings. The standard InChI is InChI=1S/C11H14N4O2/c1-8(16)2-3-13-11(17)9-6-14-15-5-4-12-7-10(9)15/h4-8,16H,2-3H2,1H3,(H,13,17). The number of hydrogen-bond acceptors (Lipinski definition) is 4. The van der Waals surface area contributed by atoms with E-state index in [-0.39, 0.29) is 5.91 Å². The monoisotopic (exact) mass is 234 g/mol. The van der Waals surface area contributed by atoms with Crippen molar-refractivity contribution in [2.24, 2.45) is 0 Å². The summed E-state index contributed by atoms with van der Waals surface area (Å²) in [6.45, 7) is 2.12. The van der Waals surface area contributed by atoms with Gasteiger partial charge in [0.05, 0.1) is 29.6 Å². The fourth-order valence-corrected chi connectivity index (χ4v) is 1.50. The summed E-state index contributed by atoms with van der Waals surface area (Å²) in [5, 5.41) is 15.9. The van der Waals surface area contributed by atoms with E-state index in [1.54, 1.807) is 30.0 Å². The number of rotatable bonds is 4. The smallest absolute Gasteiger partial charge is 0.255 e. The van der Waals surface area contributed by atoms with Crippen LogP contribution < -0.4 is 5.32 Å². The molecule has 2 heterocycles. The molecule has 1 amide bonds. The van der Waals surface area contributed by atoms with E-state index in [4.69, 9.17) is 5.11 Å². The van der Waals surface area contributed by atoms with E-state index in [9.17, 15) is 4.79 Å². The number of carbonyl (C=O) groups is 1. The fraction of sp³-hybridized carbons (Fsp3) is 0.364. The maximum absolute atomic E-state index is 11.8. The third-order valence-corrected chi connectivity index (χ3v) is 2.42. The highest BCUT2D eigenvalue weighted by Gasteiger charge is 2.12. The van der Waals surface area contributed by atoms with Crippen molar-refractivity contribution in [1.82, 2.24) is 19.9 Å². The first kappa shape index (κ1) is 11.5. The van der Waals surface area contributed by atoms with Crippen molar-refractivity contribution in [2.45, 2.75) is 19.4 Å². The maximum atomic E-state index is 11.8. The average Bonchev–Trinajstić information content (AvgIpc) is 2.72. The lowest BCUT2D eigenvalue weighted by molar-refractivity contribution is 0.0947. The molecule has 2 aromatic rings. The molecule has 6 heteroatoms. The minimum Gasteiger partial charge on any atom is -0.393 e. The molecule has 0 radical (unpaired) electrons. The van der Waals surface area contributed by atoms with Crippen molar-refractivity contribution >= 4 is 11.4 Å². The third-order valence-electron chi connectivity index (χ3n) is 2.42. The molecule has 0 aliphatic heterocycles. The summed E-state index contributed by atoms with van der Waals surface area (Å²) in [4.78, 5) is 15.8. The summed E-state index contributed by atoms with van der Waals surface area (Å²) < 4.78 is 1.59. The highest BCUT2D eigenvalue weighted by molar-refractivity contribution is 6.00. The quantitative estimate of drug-likeness (QED) is 0.793. The van der Waals surface area contributed by atoms with Crippen LogP contribution in [0.2, 0.25) is 0 Å². The molecule has 17 heavy (non-hydrogen) atoms. The first-order valence-corrected chi connectivity index (χ1v) is 5.42. The predicted molar refractivity (Wildman–Crippen MR) is 61.6 cm³/mol. The molecule has 2 N–H and O–H groups in total. The summed E-state index contributed by atoms with van der Waals surface area (Å²) in [7, 11) is 0. The number of carbonyl (C=O) groups excluding carboxylic acids is 1. The molecule has 6 nitrogen and oxygen atoms in total. The van der Waals surface area contributed by atoms with Gasteiger partial charge in [0.25, 0.3) is 5.91 Å². The zero-order chi connectivity index (χ0) is 12.3. The maximum Gasteiger partial charge on any atom is 0.255 e. The summed E-state index contributed by atoms with van der Waals surface area (Å²) in [5.74, 6) is -0.200. The minimum atomic E-state index is -0.416. The number of amides is 1. The summed E-state index contributed by atoms with van der Waals surface area (Å²) in [6, 6.07) is 0. The van der Waals surface area contributed by atoms with Crippen LogP contribution in [0.1, 0.15) is 23.7 Å². The Morgan fingerprint density at radius 2 is 2.41 bits per heavy atom. The van der Waals surface area contributed by atoms with E-state index < -0.39 is 6.10 Å². The van der Waals surface area contributed by atoms with Gasteiger partial charge in [0.1, 0.15) is 0 Å². The van der Waals surface area contributed by atoms with Crippen molar-refractivity contribution in [3.05, 3.63) is 30.4 Å². The van der Waals surface area contributed by atoms with Crippen LogP contribution in [0.4, 0.5) is 0 Å². The van der Waals surface area contributed by atoms with Crippen molar-refractivity contribution in [3.8, 4) is 0 Å². The molecule has 0 saturated carbocycles. The van der Waals surface area contributed by atoms with Gasteiger partial charge < -0.3 is 10.4 Å². The second kappa shape index (κ2) is 4.92. The fourth-order valence-electron chi connectivity index (χ4n) is 1.50. The topological polar surface area (TPSA) is 79.5 Å². The lowest BCUT2D eigenvalue weighted by Gasteiger charge is -2.05. The van der Waals surface area contributed by atoms with E-state index >= 15 is 0 Å². The van der Waals surface area contributed by atoms with Crippen LogP contribution in [0.3, 0.4) is 0 Å². The van der Waals surface area contributed by atoms with E-state index in [0.29, 0.717) is 24.0 Å². The average molecular weight is 234 g/mol. The Kier molecular flexibility index (Phi) is 3.34. The number of aromatic nitrogens is 3. The van der Waals surface area contributed by atoms with Crippen LogP contribution in [0.25, 0.3) is 5.52 Å². The number of nitrogens with one attached hydrogen (secondary N) is 1. The molecule has 0 bridgehead atoms. The van der Waals surface area contributed by atoms with Crippen molar-refractivity contribution in [2.75, 3.05) is 6.54 Å². The number of fused-ring (bicyclic) bond motifs is 1. The highest BCUT2D eigenvalue weighted by Crippen LogP contribution is 2.08. The van der Waals surface area contributed by atoms with E-state index in [2.05, 4.69) is 15.4 Å². The molecule has 1 atom stereocenters. The molecular formula is C11H14N4O2. The van der Waals surface area contributed by atoms with Gasteiger partial charge >= 0.3 is 0 Å². The van der Waals surface area contributed by atoms with Crippen molar-refractivity contribution < 1.29 is 9.90 Å². The van der Waals surface area contributed by atoms with Gasteiger partial charge in [-0.25, -0.2) is 4.52 Å². The Hall–Kier alpha value is -1.95. The van der Waals surface area contributed by atoms with Gasteiger partial charge in [-0.15, -0.1) is 0 Å². The van der Waals surface area contributed by atoms with Gasteiger partial charge in [-0.2, -0.15) is 5.10 Å². The highest BCUT2D eigenvalue weighted by atomic mass is 16.3. The molecule has 1 unspecified atom stereocenters. The summed E-state index contributed by atoms with van der Waals surface area (Å²) in [5.41, 5.74) is 1.16. The lowest BCUT2D eigenvalue weighted by Crippen LogP contribution is -2.26. The van der Waals surface area contributed by atoms with Crippen LogP contribution in [0, 0.1) is 0 Å². The van der Waals surface area contributed by atoms with Gasteiger partial charge in [0, 0.05) is 18.9 Å². The third kappa shape index (κ3) is 2.59. The van der Waals surface area contributed by atoms with Gasteiger partial charge in [0.15, 0.2) is 0 Å². The zero-order valence-electron chi connectivity index (χ0n) is 9.50. The largest absolute Gasteiger partial charge is 0.393 e. The van der Waals surface area contributed by atoms with E-state index in [0.717, 1.165) is 0 Å². The number of aliphatic hydroxyl groups excluding tert-OH is 1. The van der Waals surface area contributed by atoms with Crippen LogP contribution in [-0.2, 0) is 0 Å². The van der Waals surface area contributed by atoms with E-state index in [1.165, 1.54) is 6.20 Å². The Morgan fingerprint density at radius 3 is 3.18 bits per heavy atom. The number of aliphatic hydroxyl groups is 1. The normalized spacial score (nSPS) is 12.6. The Balaban J connectivity index is 2.09. The Morgan fingerprint density at radius 1 is 1.59 bits per heavy atom. The molecule has 0 aliphatic rings.